The fraction of sp³-hybridized carbons (Fsp3) is 0.250. The molecule has 2 N–H and O–H groups in total. The van der Waals surface area contributed by atoms with E-state index in [0.29, 0.717) is 11.6 Å². The second-order valence-electron chi connectivity index (χ2n) is 8.30. The zero-order valence-corrected chi connectivity index (χ0v) is 21.2. The highest BCUT2D eigenvalue weighted by Gasteiger charge is 2.20. The summed E-state index contributed by atoms with van der Waals surface area (Å²) in [6.45, 7) is 10.6. The zero-order chi connectivity index (χ0) is 25.8. The monoisotopic (exact) mass is 504 g/mol. The Morgan fingerprint density at radius 3 is 2.69 bits per heavy atom. The number of nitrogens with zero attached hydrogens (tertiary/aromatic N) is 3. The van der Waals surface area contributed by atoms with E-state index in [4.69, 9.17) is 9.84 Å². The quantitative estimate of drug-likeness (QED) is 0.365. The fourth-order valence-corrected chi connectivity index (χ4v) is 4.72. The molecule has 0 amide bonds. The minimum atomic E-state index is -0.854. The van der Waals surface area contributed by atoms with Gasteiger partial charge in [-0.3, -0.25) is 10.2 Å². The molecule has 7 nitrogen and oxygen atoms in total. The van der Waals surface area contributed by atoms with Crippen LogP contribution < -0.4 is 10.2 Å². The van der Waals surface area contributed by atoms with Gasteiger partial charge in [0.15, 0.2) is 0 Å². The summed E-state index contributed by atoms with van der Waals surface area (Å²) < 4.78 is 8.09. The van der Waals surface area contributed by atoms with E-state index in [1.807, 2.05) is 73.0 Å². The molecule has 1 fully saturated rings. The van der Waals surface area contributed by atoms with Gasteiger partial charge in [-0.05, 0) is 54.6 Å². The lowest BCUT2D eigenvalue weighted by molar-refractivity contribution is -0.135. The van der Waals surface area contributed by atoms with Crippen molar-refractivity contribution in [2.75, 3.05) is 13.1 Å². The topological polar surface area (TPSA) is 87.0 Å². The number of allylic oxidation sites excluding steroid dienone is 5. The summed E-state index contributed by atoms with van der Waals surface area (Å²) in [7, 11) is 0. The maximum atomic E-state index is 10.5. The number of hydrazone groups is 1. The summed E-state index contributed by atoms with van der Waals surface area (Å²) in [6, 6.07) is 13.7. The number of carbonyl (C=O) groups is 1. The van der Waals surface area contributed by atoms with Crippen molar-refractivity contribution < 1.29 is 14.6 Å². The van der Waals surface area contributed by atoms with Crippen LogP contribution in [0.15, 0.2) is 108 Å². The second-order valence-corrected chi connectivity index (χ2v) is 9.47. The number of nitrogens with one attached hydrogen (secondary N) is 1. The normalized spacial score (nSPS) is 19.8. The molecule has 1 aromatic heterocycles. The van der Waals surface area contributed by atoms with Crippen LogP contribution >= 0.6 is 11.9 Å². The first-order chi connectivity index (χ1) is 17.5. The third-order valence-electron chi connectivity index (χ3n) is 5.41. The number of hydrogen-bond acceptors (Lipinski definition) is 7. The summed E-state index contributed by atoms with van der Waals surface area (Å²) in [4.78, 5) is 16.1. The Morgan fingerprint density at radius 2 is 2.03 bits per heavy atom. The number of pyridine rings is 1. The summed E-state index contributed by atoms with van der Waals surface area (Å²) in [6.07, 6.45) is 12.7. The molecule has 0 saturated carbocycles. The predicted molar refractivity (Wildman–Crippen MR) is 146 cm³/mol. The number of fused-ring (bicyclic) bond motifs is 1. The smallest absolute Gasteiger partial charge is 0.309 e. The molecule has 0 radical (unpaired) electrons. The van der Waals surface area contributed by atoms with Crippen molar-refractivity contribution in [3.8, 4) is 11.6 Å². The number of para-hydroxylation sites is 1. The molecule has 5 rings (SSSR count). The van der Waals surface area contributed by atoms with E-state index in [-0.39, 0.29) is 12.3 Å². The first-order valence-electron chi connectivity index (χ1n) is 11.8. The van der Waals surface area contributed by atoms with Crippen LogP contribution in [-0.2, 0) is 4.79 Å². The maximum Gasteiger partial charge on any atom is 0.309 e. The largest absolute Gasteiger partial charge is 0.481 e. The number of carboxylic acids is 1. The number of aromatic nitrogens is 1. The van der Waals surface area contributed by atoms with Gasteiger partial charge >= 0.3 is 5.97 Å². The Kier molecular flexibility index (Phi) is 10.5. The lowest BCUT2D eigenvalue weighted by Crippen LogP contribution is -2.23. The molecule has 1 aliphatic carbocycles. The molecule has 2 aliphatic heterocycles. The lowest BCUT2D eigenvalue weighted by Gasteiger charge is -2.16. The lowest BCUT2D eigenvalue weighted by atomic mass is 9.98. The van der Waals surface area contributed by atoms with Gasteiger partial charge in [-0.15, -0.1) is 13.2 Å². The van der Waals surface area contributed by atoms with E-state index in [2.05, 4.69) is 46.0 Å². The van der Waals surface area contributed by atoms with Crippen molar-refractivity contribution in [3.05, 3.63) is 97.9 Å². The van der Waals surface area contributed by atoms with Crippen LogP contribution in [0.5, 0.6) is 11.6 Å². The van der Waals surface area contributed by atoms with E-state index in [0.717, 1.165) is 30.5 Å². The molecular formula is C28H32N4O3S. The maximum absolute atomic E-state index is 10.5. The first kappa shape index (κ1) is 27.0. The SMILES string of the molecule is C=C.C[C@H]1CCN(Sc2ccc(Oc3ccccc3)nc2)C1.O=C(O)CC1=NNC2=CC1C=CC=C2. The third kappa shape index (κ3) is 8.55. The van der Waals surface area contributed by atoms with Crippen molar-refractivity contribution in [2.45, 2.75) is 24.7 Å². The molecule has 2 atom stereocenters. The minimum absolute atomic E-state index is 0.0114. The Labute approximate surface area is 217 Å². The molecule has 8 heteroatoms. The highest BCUT2D eigenvalue weighted by Crippen LogP contribution is 2.29. The summed E-state index contributed by atoms with van der Waals surface area (Å²) in [5.41, 5.74) is 4.36. The van der Waals surface area contributed by atoms with E-state index in [1.54, 1.807) is 11.9 Å². The van der Waals surface area contributed by atoms with Gasteiger partial charge in [-0.2, -0.15) is 5.10 Å². The van der Waals surface area contributed by atoms with Crippen molar-refractivity contribution >= 4 is 23.6 Å². The average molecular weight is 505 g/mol. The predicted octanol–water partition coefficient (Wildman–Crippen LogP) is 6.07. The number of aliphatic carboxylic acids is 1. The molecule has 1 aromatic carbocycles. The zero-order valence-electron chi connectivity index (χ0n) is 20.4. The van der Waals surface area contributed by atoms with Crippen LogP contribution in [0.25, 0.3) is 0 Å². The van der Waals surface area contributed by atoms with Gasteiger partial charge in [0.25, 0.3) is 0 Å². The Balaban J connectivity index is 0.000000198. The van der Waals surface area contributed by atoms with Gasteiger partial charge in [-0.25, -0.2) is 9.29 Å². The molecular weight excluding hydrogens is 472 g/mol. The van der Waals surface area contributed by atoms with Crippen molar-refractivity contribution in [2.24, 2.45) is 16.9 Å². The van der Waals surface area contributed by atoms with Gasteiger partial charge in [-0.1, -0.05) is 43.4 Å². The van der Waals surface area contributed by atoms with Crippen LogP contribution in [0.3, 0.4) is 0 Å². The molecule has 3 aliphatic rings. The highest BCUT2D eigenvalue weighted by atomic mass is 32.2. The van der Waals surface area contributed by atoms with Crippen molar-refractivity contribution in [1.82, 2.24) is 14.7 Å². The molecule has 36 heavy (non-hydrogen) atoms. The second kappa shape index (κ2) is 14.1. The van der Waals surface area contributed by atoms with Gasteiger partial charge in [0.2, 0.25) is 5.88 Å². The molecule has 0 spiro atoms. The van der Waals surface area contributed by atoms with E-state index >= 15 is 0 Å². The Morgan fingerprint density at radius 1 is 1.22 bits per heavy atom. The molecule has 2 bridgehead atoms. The first-order valence-corrected chi connectivity index (χ1v) is 12.6. The molecule has 1 unspecified atom stereocenters. The molecule has 188 valence electrons. The summed E-state index contributed by atoms with van der Waals surface area (Å²) in [5, 5.41) is 12.7. The molecule has 3 heterocycles. The highest BCUT2D eigenvalue weighted by molar-refractivity contribution is 7.97. The van der Waals surface area contributed by atoms with Crippen LogP contribution in [0.4, 0.5) is 0 Å². The van der Waals surface area contributed by atoms with E-state index in [9.17, 15) is 4.79 Å². The minimum Gasteiger partial charge on any atom is -0.481 e. The number of ether oxygens (including phenoxy) is 1. The number of rotatable bonds is 6. The van der Waals surface area contributed by atoms with Gasteiger partial charge < -0.3 is 9.84 Å². The third-order valence-corrected chi connectivity index (χ3v) is 6.45. The Bertz CT molecular complexity index is 1110. The van der Waals surface area contributed by atoms with E-state index < -0.39 is 5.97 Å². The molecule has 1 saturated heterocycles. The summed E-state index contributed by atoms with van der Waals surface area (Å²) >= 11 is 1.79. The fourth-order valence-electron chi connectivity index (χ4n) is 3.67. The van der Waals surface area contributed by atoms with Gasteiger partial charge in [0.1, 0.15) is 5.75 Å². The van der Waals surface area contributed by atoms with Crippen molar-refractivity contribution in [1.29, 1.82) is 0 Å². The van der Waals surface area contributed by atoms with Crippen LogP contribution in [0.1, 0.15) is 19.8 Å². The van der Waals surface area contributed by atoms with Crippen LogP contribution in [0, 0.1) is 11.8 Å². The van der Waals surface area contributed by atoms with Crippen LogP contribution in [-0.4, -0.2) is 39.2 Å². The van der Waals surface area contributed by atoms with Crippen molar-refractivity contribution in [3.63, 3.8) is 0 Å². The van der Waals surface area contributed by atoms with Gasteiger partial charge in [0.05, 0.1) is 17.8 Å². The average Bonchev–Trinajstić information content (AvgIpc) is 3.19. The van der Waals surface area contributed by atoms with Gasteiger partial charge in [0, 0.05) is 36.2 Å². The standard InChI is InChI=1S/C16H18N2OS.C10H10N2O2.C2H4/c1-13-9-10-18(12-13)20-15-7-8-16(17-11-15)19-14-5-3-2-4-6-14;13-10(14)6-9-7-3-1-2-4-8(5-7)11-12-9;1-2/h2-8,11,13H,9-10,12H2,1H3;1-5,7,11H,6H2,(H,13,14);1-2H2/t13-;;/m0../s1. The summed E-state index contributed by atoms with van der Waals surface area (Å²) in [5.74, 6) is 1.41. The number of benzene rings is 1. The van der Waals surface area contributed by atoms with E-state index in [1.165, 1.54) is 11.3 Å². The van der Waals surface area contributed by atoms with Crippen LogP contribution in [0.2, 0.25) is 0 Å². The Hall–Kier alpha value is -3.62. The number of hydrogen-bond donors (Lipinski definition) is 2. The molecule has 2 aromatic rings. The number of carboxylic acid groups (broad SMARTS) is 1.